The number of nitrogens with one attached hydrogen (secondary N) is 1. The predicted octanol–water partition coefficient (Wildman–Crippen LogP) is -1.90. The van der Waals surface area contributed by atoms with Gasteiger partial charge in [-0.05, 0) is 19.4 Å². The van der Waals surface area contributed by atoms with E-state index < -0.39 is 18.0 Å². The molecule has 1 amide bonds. The van der Waals surface area contributed by atoms with Crippen LogP contribution < -0.4 is 5.32 Å². The van der Waals surface area contributed by atoms with Gasteiger partial charge in [-0.15, -0.1) is 0 Å². The van der Waals surface area contributed by atoms with Gasteiger partial charge in [0, 0.05) is 26.1 Å². The number of amides is 1. The summed E-state index contributed by atoms with van der Waals surface area (Å²) in [4.78, 5) is 31.3. The van der Waals surface area contributed by atoms with Crippen molar-refractivity contribution in [2.24, 2.45) is 0 Å². The van der Waals surface area contributed by atoms with Crippen molar-refractivity contribution in [3.8, 4) is 0 Å². The first kappa shape index (κ1) is 19.3. The minimum Gasteiger partial charge on any atom is -0.473 e. The Morgan fingerprint density at radius 2 is 1.90 bits per heavy atom. The smallest absolute Gasteiger partial charge is 0.414 e. The van der Waals surface area contributed by atoms with Crippen molar-refractivity contribution >= 4 is 17.8 Å². The third kappa shape index (κ3) is 9.77. The summed E-state index contributed by atoms with van der Waals surface area (Å²) >= 11 is 0. The van der Waals surface area contributed by atoms with E-state index in [4.69, 9.17) is 30.0 Å². The lowest BCUT2D eigenvalue weighted by Gasteiger charge is -2.15. The fourth-order valence-electron chi connectivity index (χ4n) is 1.67. The van der Waals surface area contributed by atoms with Crippen LogP contribution in [0, 0.1) is 0 Å². The molecular formula is C12H22N2O7. The van der Waals surface area contributed by atoms with Gasteiger partial charge in [-0.25, -0.2) is 9.59 Å². The summed E-state index contributed by atoms with van der Waals surface area (Å²) in [7, 11) is 0. The summed E-state index contributed by atoms with van der Waals surface area (Å²) in [5.41, 5.74) is 0. The largest absolute Gasteiger partial charge is 0.473 e. The van der Waals surface area contributed by atoms with E-state index >= 15 is 0 Å². The zero-order valence-electron chi connectivity index (χ0n) is 11.7. The van der Waals surface area contributed by atoms with Crippen LogP contribution in [0.1, 0.15) is 19.3 Å². The zero-order valence-corrected chi connectivity index (χ0v) is 11.7. The summed E-state index contributed by atoms with van der Waals surface area (Å²) in [6.07, 6.45) is 1.88. The number of aliphatic carboxylic acids is 2. The number of nitrogens with zero attached hydrogens (tertiary/aromatic N) is 1. The van der Waals surface area contributed by atoms with Gasteiger partial charge in [0.2, 0.25) is 5.91 Å². The minimum absolute atomic E-state index is 0.211. The zero-order chi connectivity index (χ0) is 16.3. The Labute approximate surface area is 122 Å². The maximum absolute atomic E-state index is 11.2. The molecule has 1 aliphatic heterocycles. The first-order valence-corrected chi connectivity index (χ1v) is 6.62. The first-order valence-electron chi connectivity index (χ1n) is 6.62. The summed E-state index contributed by atoms with van der Waals surface area (Å²) in [5, 5.41) is 35.4. The molecule has 0 aliphatic carbocycles. The molecule has 9 heteroatoms. The van der Waals surface area contributed by atoms with Gasteiger partial charge in [-0.3, -0.25) is 4.79 Å². The lowest BCUT2D eigenvalue weighted by atomic mass is 10.3. The summed E-state index contributed by atoms with van der Waals surface area (Å²) in [6.45, 7) is 2.64. The topological polar surface area (TPSA) is 147 Å². The Morgan fingerprint density at radius 1 is 1.29 bits per heavy atom. The number of carbonyl (C=O) groups excluding carboxylic acids is 1. The van der Waals surface area contributed by atoms with Crippen molar-refractivity contribution in [2.75, 3.05) is 32.8 Å². The van der Waals surface area contributed by atoms with Crippen LogP contribution in [0.3, 0.4) is 0 Å². The molecule has 5 N–H and O–H groups in total. The second kappa shape index (κ2) is 11.0. The number of rotatable bonds is 7. The van der Waals surface area contributed by atoms with Crippen LogP contribution >= 0.6 is 0 Å². The fraction of sp³-hybridized carbons (Fsp3) is 0.750. The van der Waals surface area contributed by atoms with E-state index in [2.05, 4.69) is 5.32 Å². The Balaban J connectivity index is 0.000000567. The molecule has 1 saturated heterocycles. The Morgan fingerprint density at radius 3 is 2.33 bits per heavy atom. The van der Waals surface area contributed by atoms with Crippen LogP contribution in [0.15, 0.2) is 0 Å². The maximum atomic E-state index is 11.2. The van der Waals surface area contributed by atoms with Gasteiger partial charge in [-0.2, -0.15) is 0 Å². The Bertz CT molecular complexity index is 336. The number of hydrogen-bond donors (Lipinski definition) is 5. The normalized spacial score (nSPS) is 15.3. The van der Waals surface area contributed by atoms with E-state index in [1.807, 2.05) is 4.90 Å². The Kier molecular flexibility index (Phi) is 10.1. The average Bonchev–Trinajstić information content (AvgIpc) is 2.84. The van der Waals surface area contributed by atoms with Gasteiger partial charge in [0.1, 0.15) is 0 Å². The summed E-state index contributed by atoms with van der Waals surface area (Å²) in [5.74, 6) is -3.39. The molecule has 0 aromatic rings. The molecule has 0 aromatic carbocycles. The molecule has 0 aromatic heterocycles. The third-order valence-electron chi connectivity index (χ3n) is 2.73. The van der Waals surface area contributed by atoms with E-state index in [0.717, 1.165) is 32.5 Å². The van der Waals surface area contributed by atoms with E-state index in [-0.39, 0.29) is 12.5 Å². The van der Waals surface area contributed by atoms with Gasteiger partial charge >= 0.3 is 11.9 Å². The Hall–Kier alpha value is -1.71. The van der Waals surface area contributed by atoms with Crippen molar-refractivity contribution < 1.29 is 34.8 Å². The van der Waals surface area contributed by atoms with E-state index in [1.165, 1.54) is 0 Å². The highest BCUT2D eigenvalue weighted by molar-refractivity contribution is 6.27. The van der Waals surface area contributed by atoms with Crippen molar-refractivity contribution in [3.05, 3.63) is 0 Å². The van der Waals surface area contributed by atoms with Crippen molar-refractivity contribution in [1.29, 1.82) is 0 Å². The number of aliphatic hydroxyl groups is 2. The van der Waals surface area contributed by atoms with E-state index in [9.17, 15) is 4.79 Å². The second-order valence-electron chi connectivity index (χ2n) is 4.49. The first-order chi connectivity index (χ1) is 9.88. The SMILES string of the molecule is O=C(O)C(=O)O.O=C1CCCN1CCCNCC(O)CO. The molecule has 1 heterocycles. The van der Waals surface area contributed by atoms with Crippen molar-refractivity contribution in [1.82, 2.24) is 10.2 Å². The highest BCUT2D eigenvalue weighted by atomic mass is 16.4. The predicted molar refractivity (Wildman–Crippen MR) is 71.7 cm³/mol. The molecule has 0 spiro atoms. The number of likely N-dealkylation sites (tertiary alicyclic amines) is 1. The number of carbonyl (C=O) groups is 3. The standard InChI is InChI=1S/C10H20N2O3.C2H2O4/c13-8-9(14)7-11-4-2-6-12-5-1-3-10(12)15;3-1(4)2(5)6/h9,11,13-14H,1-8H2;(H,3,4)(H,5,6). The maximum Gasteiger partial charge on any atom is 0.414 e. The molecule has 1 atom stereocenters. The highest BCUT2D eigenvalue weighted by Crippen LogP contribution is 2.09. The average molecular weight is 306 g/mol. The molecule has 0 saturated carbocycles. The quantitative estimate of drug-likeness (QED) is 0.270. The number of carboxylic acid groups (broad SMARTS) is 2. The molecule has 0 radical (unpaired) electrons. The number of carboxylic acids is 2. The molecule has 1 unspecified atom stereocenters. The van der Waals surface area contributed by atoms with Crippen molar-refractivity contribution in [3.63, 3.8) is 0 Å². The van der Waals surface area contributed by atoms with Gasteiger partial charge in [0.05, 0.1) is 12.7 Å². The highest BCUT2D eigenvalue weighted by Gasteiger charge is 2.18. The summed E-state index contributed by atoms with van der Waals surface area (Å²) in [6, 6.07) is 0. The number of aliphatic hydroxyl groups excluding tert-OH is 2. The minimum atomic E-state index is -1.82. The van der Waals surface area contributed by atoms with Gasteiger partial charge in [0.25, 0.3) is 0 Å². The molecule has 1 fully saturated rings. The summed E-state index contributed by atoms with van der Waals surface area (Å²) < 4.78 is 0. The lowest BCUT2D eigenvalue weighted by Crippen LogP contribution is -2.32. The van der Waals surface area contributed by atoms with Crippen LogP contribution in [0.4, 0.5) is 0 Å². The molecule has 0 bridgehead atoms. The fourth-order valence-corrected chi connectivity index (χ4v) is 1.67. The van der Waals surface area contributed by atoms with Crippen LogP contribution in [-0.4, -0.2) is 82.1 Å². The van der Waals surface area contributed by atoms with Crippen molar-refractivity contribution in [2.45, 2.75) is 25.4 Å². The lowest BCUT2D eigenvalue weighted by molar-refractivity contribution is -0.159. The van der Waals surface area contributed by atoms with Gasteiger partial charge in [0.15, 0.2) is 0 Å². The molecule has 9 nitrogen and oxygen atoms in total. The van der Waals surface area contributed by atoms with Crippen LogP contribution in [-0.2, 0) is 14.4 Å². The molecule has 1 aliphatic rings. The van der Waals surface area contributed by atoms with Gasteiger partial charge < -0.3 is 30.6 Å². The van der Waals surface area contributed by atoms with Gasteiger partial charge in [-0.1, -0.05) is 0 Å². The van der Waals surface area contributed by atoms with Crippen LogP contribution in [0.25, 0.3) is 0 Å². The monoisotopic (exact) mass is 306 g/mol. The second-order valence-corrected chi connectivity index (χ2v) is 4.49. The molecule has 122 valence electrons. The molecular weight excluding hydrogens is 284 g/mol. The molecule has 21 heavy (non-hydrogen) atoms. The van der Waals surface area contributed by atoms with E-state index in [1.54, 1.807) is 0 Å². The number of hydrogen-bond acceptors (Lipinski definition) is 6. The van der Waals surface area contributed by atoms with Crippen LogP contribution in [0.5, 0.6) is 0 Å². The van der Waals surface area contributed by atoms with Crippen LogP contribution in [0.2, 0.25) is 0 Å². The molecule has 1 rings (SSSR count). The van der Waals surface area contributed by atoms with E-state index in [0.29, 0.717) is 13.0 Å². The third-order valence-corrected chi connectivity index (χ3v) is 2.73.